The first-order valence-corrected chi connectivity index (χ1v) is 7.96. The molecule has 0 amide bonds. The van der Waals surface area contributed by atoms with Gasteiger partial charge in [0.25, 0.3) is 0 Å². The summed E-state index contributed by atoms with van der Waals surface area (Å²) in [6, 6.07) is 27.7. The standard InChI is InChI=1S/C20H13BrN2/c21-18-13-15(14-22)11-12-19(18)23-20(16-7-3-1-4-8-16)17-9-5-2-6-10-17/h1-13H. The third kappa shape index (κ3) is 3.56. The van der Waals surface area contributed by atoms with E-state index >= 15 is 0 Å². The topological polar surface area (TPSA) is 36.1 Å². The van der Waals surface area contributed by atoms with Crippen LogP contribution in [0.25, 0.3) is 0 Å². The van der Waals surface area contributed by atoms with E-state index in [-0.39, 0.29) is 0 Å². The smallest absolute Gasteiger partial charge is 0.0992 e. The number of nitrogens with zero attached hydrogens (tertiary/aromatic N) is 2. The van der Waals surface area contributed by atoms with Gasteiger partial charge >= 0.3 is 0 Å². The Morgan fingerprint density at radius 2 is 1.39 bits per heavy atom. The van der Waals surface area contributed by atoms with E-state index in [1.165, 1.54) is 0 Å². The molecule has 0 spiro atoms. The fourth-order valence-corrected chi connectivity index (χ4v) is 2.74. The number of hydrogen-bond donors (Lipinski definition) is 0. The molecule has 0 aliphatic heterocycles. The van der Waals surface area contributed by atoms with Crippen LogP contribution in [-0.4, -0.2) is 5.71 Å². The van der Waals surface area contributed by atoms with Gasteiger partial charge in [-0.3, -0.25) is 0 Å². The molecule has 0 saturated heterocycles. The molecule has 0 N–H and O–H groups in total. The molecule has 0 atom stereocenters. The van der Waals surface area contributed by atoms with Crippen molar-refractivity contribution in [2.45, 2.75) is 0 Å². The van der Waals surface area contributed by atoms with E-state index in [4.69, 9.17) is 10.3 Å². The monoisotopic (exact) mass is 360 g/mol. The highest BCUT2D eigenvalue weighted by atomic mass is 79.9. The Morgan fingerprint density at radius 3 is 1.87 bits per heavy atom. The van der Waals surface area contributed by atoms with Gasteiger partial charge in [0.15, 0.2) is 0 Å². The van der Waals surface area contributed by atoms with Gasteiger partial charge in [0.1, 0.15) is 0 Å². The Kier molecular flexibility index (Phi) is 4.65. The number of benzene rings is 3. The number of halogens is 1. The maximum atomic E-state index is 8.98. The van der Waals surface area contributed by atoms with E-state index in [0.29, 0.717) is 5.56 Å². The Morgan fingerprint density at radius 1 is 0.826 bits per heavy atom. The van der Waals surface area contributed by atoms with Crippen LogP contribution in [-0.2, 0) is 0 Å². The van der Waals surface area contributed by atoms with E-state index < -0.39 is 0 Å². The molecule has 110 valence electrons. The lowest BCUT2D eigenvalue weighted by atomic mass is 10.0. The van der Waals surface area contributed by atoms with Crippen LogP contribution in [0.4, 0.5) is 5.69 Å². The van der Waals surface area contributed by atoms with Crippen molar-refractivity contribution in [1.29, 1.82) is 5.26 Å². The average Bonchev–Trinajstić information content (AvgIpc) is 2.62. The molecule has 2 nitrogen and oxygen atoms in total. The molecule has 0 fully saturated rings. The SMILES string of the molecule is N#Cc1ccc(N=C(c2ccccc2)c2ccccc2)c(Br)c1. The summed E-state index contributed by atoms with van der Waals surface area (Å²) in [4.78, 5) is 4.83. The molecule has 0 unspecified atom stereocenters. The van der Waals surface area contributed by atoms with E-state index in [2.05, 4.69) is 22.0 Å². The number of nitriles is 1. The highest BCUT2D eigenvalue weighted by Gasteiger charge is 2.08. The van der Waals surface area contributed by atoms with Crippen molar-refractivity contribution in [3.63, 3.8) is 0 Å². The molecule has 0 aromatic heterocycles. The van der Waals surface area contributed by atoms with E-state index in [1.807, 2.05) is 66.7 Å². The molecule has 3 aromatic carbocycles. The molecule has 23 heavy (non-hydrogen) atoms. The Balaban J connectivity index is 2.15. The molecule has 3 heteroatoms. The summed E-state index contributed by atoms with van der Waals surface area (Å²) >= 11 is 3.50. The number of hydrogen-bond acceptors (Lipinski definition) is 2. The number of aliphatic imine (C=N–C) groups is 1. The van der Waals surface area contributed by atoms with Crippen molar-refractivity contribution in [3.8, 4) is 6.07 Å². The predicted molar refractivity (Wildman–Crippen MR) is 97.0 cm³/mol. The van der Waals surface area contributed by atoms with Crippen LogP contribution < -0.4 is 0 Å². The second kappa shape index (κ2) is 7.04. The Hall–Kier alpha value is -2.70. The van der Waals surface area contributed by atoms with E-state index in [0.717, 1.165) is 27.0 Å². The molecule has 0 radical (unpaired) electrons. The molecule has 0 heterocycles. The second-order valence-electron chi connectivity index (χ2n) is 4.97. The van der Waals surface area contributed by atoms with Crippen LogP contribution in [0.15, 0.2) is 88.3 Å². The van der Waals surface area contributed by atoms with Crippen LogP contribution in [0.1, 0.15) is 16.7 Å². The summed E-state index contributed by atoms with van der Waals surface area (Å²) in [6.45, 7) is 0. The summed E-state index contributed by atoms with van der Waals surface area (Å²) in [5.74, 6) is 0. The van der Waals surface area contributed by atoms with Gasteiger partial charge in [-0.1, -0.05) is 60.7 Å². The van der Waals surface area contributed by atoms with Crippen molar-refractivity contribution in [1.82, 2.24) is 0 Å². The maximum absolute atomic E-state index is 8.98. The van der Waals surface area contributed by atoms with Crippen molar-refractivity contribution >= 4 is 27.3 Å². The fourth-order valence-electron chi connectivity index (χ4n) is 2.28. The molecule has 0 bridgehead atoms. The van der Waals surface area contributed by atoms with Gasteiger partial charge in [-0.2, -0.15) is 5.26 Å². The minimum Gasteiger partial charge on any atom is -0.247 e. The molecular formula is C20H13BrN2. The lowest BCUT2D eigenvalue weighted by molar-refractivity contribution is 1.42. The van der Waals surface area contributed by atoms with Crippen molar-refractivity contribution in [3.05, 3.63) is 100 Å². The van der Waals surface area contributed by atoms with Crippen molar-refractivity contribution in [2.24, 2.45) is 4.99 Å². The maximum Gasteiger partial charge on any atom is 0.0992 e. The first-order valence-electron chi connectivity index (χ1n) is 7.17. The van der Waals surface area contributed by atoms with Gasteiger partial charge in [0.2, 0.25) is 0 Å². The predicted octanol–water partition coefficient (Wildman–Crippen LogP) is 5.49. The zero-order valence-corrected chi connectivity index (χ0v) is 13.9. The van der Waals surface area contributed by atoms with Crippen molar-refractivity contribution < 1.29 is 0 Å². The van der Waals surface area contributed by atoms with Crippen LogP contribution >= 0.6 is 15.9 Å². The van der Waals surface area contributed by atoms with Gasteiger partial charge in [0, 0.05) is 15.6 Å². The zero-order chi connectivity index (χ0) is 16.1. The van der Waals surface area contributed by atoms with Crippen LogP contribution in [0, 0.1) is 11.3 Å². The molecule has 3 rings (SSSR count). The normalized spacial score (nSPS) is 9.91. The van der Waals surface area contributed by atoms with Crippen LogP contribution in [0.5, 0.6) is 0 Å². The minimum atomic E-state index is 0.608. The summed E-state index contributed by atoms with van der Waals surface area (Å²) in [6.07, 6.45) is 0. The van der Waals surface area contributed by atoms with Gasteiger partial charge < -0.3 is 0 Å². The molecule has 0 saturated carbocycles. The highest BCUT2D eigenvalue weighted by molar-refractivity contribution is 9.10. The van der Waals surface area contributed by atoms with E-state index in [9.17, 15) is 0 Å². The summed E-state index contributed by atoms with van der Waals surface area (Å²) < 4.78 is 0.806. The fraction of sp³-hybridized carbons (Fsp3) is 0. The van der Waals surface area contributed by atoms with Gasteiger partial charge in [-0.05, 0) is 34.1 Å². The van der Waals surface area contributed by atoms with E-state index in [1.54, 1.807) is 12.1 Å². The third-order valence-electron chi connectivity index (χ3n) is 3.40. The van der Waals surface area contributed by atoms with Gasteiger partial charge in [-0.15, -0.1) is 0 Å². The molecular weight excluding hydrogens is 348 g/mol. The summed E-state index contributed by atoms with van der Waals surface area (Å²) in [5, 5.41) is 8.98. The van der Waals surface area contributed by atoms with Crippen molar-refractivity contribution in [2.75, 3.05) is 0 Å². The Labute approximate surface area is 143 Å². The quantitative estimate of drug-likeness (QED) is 0.568. The first-order chi connectivity index (χ1) is 11.3. The largest absolute Gasteiger partial charge is 0.247 e. The highest BCUT2D eigenvalue weighted by Crippen LogP contribution is 2.28. The number of rotatable bonds is 3. The Bertz CT molecular complexity index is 837. The van der Waals surface area contributed by atoms with Crippen LogP contribution in [0.2, 0.25) is 0 Å². The first kappa shape index (κ1) is 15.2. The minimum absolute atomic E-state index is 0.608. The lowest BCUT2D eigenvalue weighted by Gasteiger charge is -2.08. The average molecular weight is 361 g/mol. The molecule has 3 aromatic rings. The van der Waals surface area contributed by atoms with Gasteiger partial charge in [0.05, 0.1) is 23.0 Å². The van der Waals surface area contributed by atoms with Crippen LogP contribution in [0.3, 0.4) is 0 Å². The lowest BCUT2D eigenvalue weighted by Crippen LogP contribution is -2.02. The molecule has 0 aliphatic carbocycles. The second-order valence-corrected chi connectivity index (χ2v) is 5.82. The third-order valence-corrected chi connectivity index (χ3v) is 4.04. The molecule has 0 aliphatic rings. The summed E-state index contributed by atoms with van der Waals surface area (Å²) in [7, 11) is 0. The summed E-state index contributed by atoms with van der Waals surface area (Å²) in [5.41, 5.74) is 4.41. The zero-order valence-electron chi connectivity index (χ0n) is 12.3. The van der Waals surface area contributed by atoms with Gasteiger partial charge in [-0.25, -0.2) is 4.99 Å².